The van der Waals surface area contributed by atoms with Crippen LogP contribution in [0.2, 0.25) is 0 Å². The molecule has 2 unspecified atom stereocenters. The minimum atomic E-state index is -0.921. The number of rotatable bonds is 3. The zero-order valence-electron chi connectivity index (χ0n) is 11.8. The van der Waals surface area contributed by atoms with E-state index in [-0.39, 0.29) is 5.56 Å². The molecule has 20 heavy (non-hydrogen) atoms. The lowest BCUT2D eigenvalue weighted by atomic mass is 9.90. The maximum atomic E-state index is 11.1. The molecule has 1 saturated carbocycles. The van der Waals surface area contributed by atoms with Crippen molar-refractivity contribution in [3.8, 4) is 0 Å². The minimum Gasteiger partial charge on any atom is -0.478 e. The number of carboxylic acid groups (broad SMARTS) is 1. The highest BCUT2D eigenvalue weighted by atomic mass is 16.5. The van der Waals surface area contributed by atoms with E-state index in [0.717, 1.165) is 31.8 Å². The molecule has 1 aliphatic carbocycles. The van der Waals surface area contributed by atoms with Crippen LogP contribution in [0.5, 0.6) is 0 Å². The summed E-state index contributed by atoms with van der Waals surface area (Å²) in [5.41, 5.74) is 0.272. The Morgan fingerprint density at radius 2 is 2.25 bits per heavy atom. The van der Waals surface area contributed by atoms with E-state index in [4.69, 9.17) is 14.3 Å². The summed E-state index contributed by atoms with van der Waals surface area (Å²) < 4.78 is 11.4. The first kappa shape index (κ1) is 13.6. The Balaban J connectivity index is 1.73. The molecule has 0 radical (unpaired) electrons. The second-order valence-electron chi connectivity index (χ2n) is 5.72. The second-order valence-corrected chi connectivity index (χ2v) is 5.72. The molecule has 1 aromatic rings. The zero-order valence-corrected chi connectivity index (χ0v) is 11.8. The van der Waals surface area contributed by atoms with Crippen LogP contribution in [0.15, 0.2) is 10.5 Å². The van der Waals surface area contributed by atoms with Crippen molar-refractivity contribution in [2.24, 2.45) is 0 Å². The van der Waals surface area contributed by atoms with Gasteiger partial charge in [-0.05, 0) is 25.8 Å². The zero-order chi connectivity index (χ0) is 14.1. The van der Waals surface area contributed by atoms with Gasteiger partial charge in [-0.3, -0.25) is 4.90 Å². The molecule has 1 N–H and O–H groups in total. The lowest BCUT2D eigenvalue weighted by Crippen LogP contribution is -2.52. The maximum Gasteiger partial charge on any atom is 0.339 e. The van der Waals surface area contributed by atoms with Crippen LogP contribution in [0.3, 0.4) is 0 Å². The number of hydrogen-bond acceptors (Lipinski definition) is 4. The summed E-state index contributed by atoms with van der Waals surface area (Å²) in [5.74, 6) is 0.307. The molecule has 0 spiro atoms. The van der Waals surface area contributed by atoms with Crippen molar-refractivity contribution < 1.29 is 19.1 Å². The Hall–Kier alpha value is -1.33. The molecule has 0 bridgehead atoms. The van der Waals surface area contributed by atoms with Crippen molar-refractivity contribution >= 4 is 5.97 Å². The van der Waals surface area contributed by atoms with E-state index in [2.05, 4.69) is 4.90 Å². The second kappa shape index (κ2) is 5.58. The quantitative estimate of drug-likeness (QED) is 0.920. The number of fused-ring (bicyclic) bond motifs is 1. The fourth-order valence-electron chi connectivity index (χ4n) is 3.41. The molecular formula is C15H21NO4. The van der Waals surface area contributed by atoms with Crippen LogP contribution < -0.4 is 0 Å². The van der Waals surface area contributed by atoms with Gasteiger partial charge in [0.25, 0.3) is 0 Å². The molecule has 2 heterocycles. The summed E-state index contributed by atoms with van der Waals surface area (Å²) in [4.78, 5) is 13.4. The number of furan rings is 1. The van der Waals surface area contributed by atoms with E-state index < -0.39 is 5.97 Å². The summed E-state index contributed by atoms with van der Waals surface area (Å²) in [5, 5.41) is 9.08. The fraction of sp³-hybridized carbons (Fsp3) is 0.667. The molecule has 5 heteroatoms. The van der Waals surface area contributed by atoms with Crippen LogP contribution in [0.1, 0.15) is 47.6 Å². The predicted molar refractivity (Wildman–Crippen MR) is 72.8 cm³/mol. The van der Waals surface area contributed by atoms with E-state index in [1.165, 1.54) is 12.8 Å². The van der Waals surface area contributed by atoms with E-state index >= 15 is 0 Å². The average molecular weight is 279 g/mol. The van der Waals surface area contributed by atoms with Gasteiger partial charge in [-0.15, -0.1) is 0 Å². The van der Waals surface area contributed by atoms with E-state index in [1.54, 1.807) is 13.0 Å². The monoisotopic (exact) mass is 279 g/mol. The molecule has 1 saturated heterocycles. The van der Waals surface area contributed by atoms with Crippen LogP contribution in [0.4, 0.5) is 0 Å². The number of morpholine rings is 1. The summed E-state index contributed by atoms with van der Waals surface area (Å²) in [7, 11) is 0. The number of hydrogen-bond donors (Lipinski definition) is 1. The third-order valence-corrected chi connectivity index (χ3v) is 4.41. The van der Waals surface area contributed by atoms with E-state index in [1.807, 2.05) is 0 Å². The highest BCUT2D eigenvalue weighted by molar-refractivity contribution is 5.88. The van der Waals surface area contributed by atoms with Gasteiger partial charge in [0.2, 0.25) is 0 Å². The number of carbonyl (C=O) groups is 1. The van der Waals surface area contributed by atoms with Crippen LogP contribution in [0.25, 0.3) is 0 Å². The first-order valence-electron chi connectivity index (χ1n) is 7.33. The standard InChI is InChI=1S/C15H21NO4/c1-10-12(15(17)18)8-11(20-10)9-16-6-7-19-14-5-3-2-4-13(14)16/h8,13-14H,2-7,9H2,1H3,(H,17,18). The van der Waals surface area contributed by atoms with E-state index in [0.29, 0.717) is 24.5 Å². The highest BCUT2D eigenvalue weighted by Gasteiger charge is 2.34. The predicted octanol–water partition coefficient (Wildman–Crippen LogP) is 2.43. The van der Waals surface area contributed by atoms with Gasteiger partial charge >= 0.3 is 5.97 Å². The molecule has 110 valence electrons. The summed E-state index contributed by atoms with van der Waals surface area (Å²) in [6, 6.07) is 2.11. The molecular weight excluding hydrogens is 258 g/mol. The lowest BCUT2D eigenvalue weighted by Gasteiger charge is -2.43. The number of ether oxygens (including phenoxy) is 1. The summed E-state index contributed by atoms with van der Waals surface area (Å²) in [6.45, 7) is 4.03. The van der Waals surface area contributed by atoms with Crippen LogP contribution in [-0.2, 0) is 11.3 Å². The smallest absolute Gasteiger partial charge is 0.339 e. The number of aryl methyl sites for hydroxylation is 1. The molecule has 2 aliphatic rings. The Morgan fingerprint density at radius 3 is 3.00 bits per heavy atom. The van der Waals surface area contributed by atoms with E-state index in [9.17, 15) is 4.79 Å². The van der Waals surface area contributed by atoms with Gasteiger partial charge in [-0.25, -0.2) is 4.79 Å². The summed E-state index contributed by atoms with van der Waals surface area (Å²) >= 11 is 0. The van der Waals surface area contributed by atoms with Gasteiger partial charge in [0.1, 0.15) is 17.1 Å². The van der Waals surface area contributed by atoms with Crippen molar-refractivity contribution in [1.82, 2.24) is 4.90 Å². The van der Waals surface area contributed by atoms with Gasteiger partial charge in [0.05, 0.1) is 19.3 Å². The number of nitrogens with zero attached hydrogens (tertiary/aromatic N) is 1. The molecule has 1 aromatic heterocycles. The molecule has 2 atom stereocenters. The number of carboxylic acids is 1. The minimum absolute atomic E-state index is 0.272. The lowest BCUT2D eigenvalue weighted by molar-refractivity contribution is -0.0926. The number of aromatic carboxylic acids is 1. The first-order valence-corrected chi connectivity index (χ1v) is 7.33. The van der Waals surface area contributed by atoms with Gasteiger partial charge in [0, 0.05) is 12.6 Å². The first-order chi connectivity index (χ1) is 9.65. The van der Waals surface area contributed by atoms with Crippen LogP contribution in [0, 0.1) is 6.92 Å². The average Bonchev–Trinajstić information content (AvgIpc) is 2.80. The van der Waals surface area contributed by atoms with Gasteiger partial charge in [0.15, 0.2) is 0 Å². The molecule has 0 aromatic carbocycles. The Morgan fingerprint density at radius 1 is 1.45 bits per heavy atom. The topological polar surface area (TPSA) is 62.9 Å². The normalized spacial score (nSPS) is 27.2. The largest absolute Gasteiger partial charge is 0.478 e. The van der Waals surface area contributed by atoms with Crippen LogP contribution >= 0.6 is 0 Å². The van der Waals surface area contributed by atoms with Crippen molar-refractivity contribution in [1.29, 1.82) is 0 Å². The van der Waals surface area contributed by atoms with Crippen molar-refractivity contribution in [3.63, 3.8) is 0 Å². The van der Waals surface area contributed by atoms with Crippen molar-refractivity contribution in [2.45, 2.75) is 51.3 Å². The Kier molecular flexibility index (Phi) is 3.81. The van der Waals surface area contributed by atoms with Crippen molar-refractivity contribution in [2.75, 3.05) is 13.2 Å². The molecule has 5 nitrogen and oxygen atoms in total. The van der Waals surface area contributed by atoms with Gasteiger partial charge < -0.3 is 14.3 Å². The Bertz CT molecular complexity index is 494. The van der Waals surface area contributed by atoms with Crippen molar-refractivity contribution in [3.05, 3.63) is 23.2 Å². The highest BCUT2D eigenvalue weighted by Crippen LogP contribution is 2.30. The van der Waals surface area contributed by atoms with Crippen LogP contribution in [-0.4, -0.2) is 41.3 Å². The summed E-state index contributed by atoms with van der Waals surface area (Å²) in [6.07, 6.45) is 5.14. The maximum absolute atomic E-state index is 11.1. The SMILES string of the molecule is Cc1oc(CN2CCOC3CCCCC32)cc1C(=O)O. The Labute approximate surface area is 118 Å². The molecule has 3 rings (SSSR count). The fourth-order valence-corrected chi connectivity index (χ4v) is 3.41. The molecule has 2 fully saturated rings. The third kappa shape index (κ3) is 2.60. The van der Waals surface area contributed by atoms with Gasteiger partial charge in [-0.1, -0.05) is 12.8 Å². The van der Waals surface area contributed by atoms with Gasteiger partial charge in [-0.2, -0.15) is 0 Å². The third-order valence-electron chi connectivity index (χ3n) is 4.41. The molecule has 1 aliphatic heterocycles. The molecule has 0 amide bonds.